The van der Waals surface area contributed by atoms with Crippen LogP contribution >= 0.6 is 15.9 Å². The van der Waals surface area contributed by atoms with Crippen LogP contribution in [0.1, 0.15) is 38.3 Å². The van der Waals surface area contributed by atoms with Crippen molar-refractivity contribution >= 4 is 22.0 Å². The zero-order valence-electron chi connectivity index (χ0n) is 16.4. The SMILES string of the molecule is Cc1cc(Br)ccc1OCC(C)CC(C)(C)N(Cc1ccccc1)C(=O)O. The number of carbonyl (C=O) groups is 1. The van der Waals surface area contributed by atoms with Crippen LogP contribution in [0.15, 0.2) is 53.0 Å². The second-order valence-corrected chi connectivity index (χ2v) is 8.61. The highest BCUT2D eigenvalue weighted by molar-refractivity contribution is 9.10. The van der Waals surface area contributed by atoms with E-state index in [1.807, 2.05) is 69.3 Å². The molecule has 2 aromatic carbocycles. The summed E-state index contributed by atoms with van der Waals surface area (Å²) in [5.41, 5.74) is 1.56. The van der Waals surface area contributed by atoms with E-state index >= 15 is 0 Å². The molecule has 4 nitrogen and oxygen atoms in total. The summed E-state index contributed by atoms with van der Waals surface area (Å²) in [6.07, 6.45) is -0.192. The number of hydrogen-bond acceptors (Lipinski definition) is 2. The lowest BCUT2D eigenvalue weighted by Crippen LogP contribution is -2.47. The van der Waals surface area contributed by atoms with Crippen molar-refractivity contribution in [2.75, 3.05) is 6.61 Å². The van der Waals surface area contributed by atoms with Crippen molar-refractivity contribution in [1.82, 2.24) is 4.90 Å². The molecule has 0 aliphatic rings. The summed E-state index contributed by atoms with van der Waals surface area (Å²) in [5, 5.41) is 9.74. The average Bonchev–Trinajstić information content (AvgIpc) is 2.59. The number of carboxylic acid groups (broad SMARTS) is 1. The summed E-state index contributed by atoms with van der Waals surface area (Å²) in [5.74, 6) is 1.07. The maximum absolute atomic E-state index is 11.9. The molecule has 0 fully saturated rings. The van der Waals surface area contributed by atoms with Crippen molar-refractivity contribution in [3.8, 4) is 5.75 Å². The molecule has 1 unspecified atom stereocenters. The summed E-state index contributed by atoms with van der Waals surface area (Å²) in [7, 11) is 0. The Labute approximate surface area is 170 Å². The maximum atomic E-state index is 11.9. The van der Waals surface area contributed by atoms with Crippen LogP contribution in [-0.4, -0.2) is 28.2 Å². The molecule has 1 N–H and O–H groups in total. The third kappa shape index (κ3) is 6.28. The number of hydrogen-bond donors (Lipinski definition) is 1. The van der Waals surface area contributed by atoms with Gasteiger partial charge in [0.1, 0.15) is 5.75 Å². The van der Waals surface area contributed by atoms with Crippen LogP contribution in [0.25, 0.3) is 0 Å². The summed E-state index contributed by atoms with van der Waals surface area (Å²) in [4.78, 5) is 13.4. The summed E-state index contributed by atoms with van der Waals surface area (Å²) < 4.78 is 7.00. The molecule has 0 aliphatic heterocycles. The van der Waals surface area contributed by atoms with Gasteiger partial charge in [0.2, 0.25) is 0 Å². The molecule has 0 aliphatic carbocycles. The van der Waals surface area contributed by atoms with Gasteiger partial charge in [0.25, 0.3) is 0 Å². The van der Waals surface area contributed by atoms with Gasteiger partial charge in [-0.3, -0.25) is 4.90 Å². The van der Waals surface area contributed by atoms with Gasteiger partial charge >= 0.3 is 6.09 Å². The Morgan fingerprint density at radius 3 is 2.48 bits per heavy atom. The second-order valence-electron chi connectivity index (χ2n) is 7.70. The molecule has 1 atom stereocenters. The van der Waals surface area contributed by atoms with E-state index in [9.17, 15) is 9.90 Å². The van der Waals surface area contributed by atoms with Crippen molar-refractivity contribution < 1.29 is 14.6 Å². The lowest BCUT2D eigenvalue weighted by atomic mass is 9.90. The van der Waals surface area contributed by atoms with Crippen molar-refractivity contribution in [1.29, 1.82) is 0 Å². The Hall–Kier alpha value is -2.01. The minimum atomic E-state index is -0.902. The van der Waals surface area contributed by atoms with Gasteiger partial charge in [-0.15, -0.1) is 0 Å². The monoisotopic (exact) mass is 433 g/mol. The molecule has 0 saturated heterocycles. The number of nitrogens with zero attached hydrogens (tertiary/aromatic N) is 1. The Balaban J connectivity index is 2.00. The highest BCUT2D eigenvalue weighted by Gasteiger charge is 2.32. The fraction of sp³-hybridized carbons (Fsp3) is 0.409. The number of ether oxygens (including phenoxy) is 1. The van der Waals surface area contributed by atoms with E-state index in [2.05, 4.69) is 22.9 Å². The zero-order chi connectivity index (χ0) is 20.0. The molecule has 27 heavy (non-hydrogen) atoms. The smallest absolute Gasteiger partial charge is 0.408 e. The molecule has 146 valence electrons. The molecule has 0 bridgehead atoms. The first kappa shape index (κ1) is 21.3. The molecule has 2 aromatic rings. The second kappa shape index (κ2) is 9.27. The third-order valence-corrected chi connectivity index (χ3v) is 5.15. The third-order valence-electron chi connectivity index (χ3n) is 4.65. The standard InChI is InChI=1S/C22H28BrNO3/c1-16(15-27-20-11-10-19(23)12-17(20)2)13-22(3,4)24(21(25)26)14-18-8-6-5-7-9-18/h5-12,16H,13-15H2,1-4H3,(H,25,26). The number of halogens is 1. The molecule has 0 heterocycles. The fourth-order valence-corrected chi connectivity index (χ4v) is 3.81. The first-order valence-corrected chi connectivity index (χ1v) is 9.92. The van der Waals surface area contributed by atoms with E-state index in [1.54, 1.807) is 0 Å². The molecule has 0 aromatic heterocycles. The Morgan fingerprint density at radius 1 is 1.22 bits per heavy atom. The van der Waals surface area contributed by atoms with Gasteiger partial charge in [0.05, 0.1) is 6.61 Å². The van der Waals surface area contributed by atoms with Crippen molar-refractivity contribution in [3.63, 3.8) is 0 Å². The van der Waals surface area contributed by atoms with Crippen molar-refractivity contribution in [2.24, 2.45) is 5.92 Å². The Kier molecular flexibility index (Phi) is 7.31. The first-order valence-electron chi connectivity index (χ1n) is 9.12. The van der Waals surface area contributed by atoms with Crippen molar-refractivity contribution in [2.45, 2.75) is 46.2 Å². The van der Waals surface area contributed by atoms with Crippen molar-refractivity contribution in [3.05, 3.63) is 64.1 Å². The summed E-state index contributed by atoms with van der Waals surface area (Å²) in [6, 6.07) is 15.6. The normalized spacial score (nSPS) is 12.5. The van der Waals surface area contributed by atoms with E-state index in [1.165, 1.54) is 4.90 Å². The average molecular weight is 434 g/mol. The number of aryl methyl sites for hydroxylation is 1. The molecule has 1 amide bonds. The Morgan fingerprint density at radius 2 is 1.89 bits per heavy atom. The molecule has 0 saturated carbocycles. The number of benzene rings is 2. The van der Waals surface area contributed by atoms with Gasteiger partial charge in [0.15, 0.2) is 0 Å². The summed E-state index contributed by atoms with van der Waals surface area (Å²) >= 11 is 3.46. The lowest BCUT2D eigenvalue weighted by molar-refractivity contribution is 0.0687. The molecule has 0 radical (unpaired) electrons. The predicted octanol–water partition coefficient (Wildman–Crippen LogP) is 6.12. The largest absolute Gasteiger partial charge is 0.493 e. The van der Waals surface area contributed by atoms with Gasteiger partial charge in [-0.25, -0.2) is 4.79 Å². The number of rotatable bonds is 8. The van der Waals surface area contributed by atoms with Crippen LogP contribution in [-0.2, 0) is 6.54 Å². The van der Waals surface area contributed by atoms with Gasteiger partial charge in [-0.1, -0.05) is 53.2 Å². The highest BCUT2D eigenvalue weighted by Crippen LogP contribution is 2.28. The highest BCUT2D eigenvalue weighted by atomic mass is 79.9. The van der Waals surface area contributed by atoms with Gasteiger partial charge < -0.3 is 9.84 Å². The maximum Gasteiger partial charge on any atom is 0.408 e. The molecule has 2 rings (SSSR count). The predicted molar refractivity (Wildman–Crippen MR) is 112 cm³/mol. The van der Waals surface area contributed by atoms with Crippen LogP contribution in [0.5, 0.6) is 5.75 Å². The number of amides is 1. The molecular weight excluding hydrogens is 406 g/mol. The first-order chi connectivity index (χ1) is 12.7. The van der Waals surface area contributed by atoms with E-state index in [-0.39, 0.29) is 5.92 Å². The minimum Gasteiger partial charge on any atom is -0.493 e. The Bertz CT molecular complexity index is 761. The summed E-state index contributed by atoms with van der Waals surface area (Å²) in [6.45, 7) is 8.99. The van der Waals surface area contributed by atoms with Gasteiger partial charge in [-0.05, 0) is 62.4 Å². The van der Waals surface area contributed by atoms with Crippen LogP contribution in [0.4, 0.5) is 4.79 Å². The van der Waals surface area contributed by atoms with Crippen LogP contribution in [0.2, 0.25) is 0 Å². The topological polar surface area (TPSA) is 49.8 Å². The molecule has 5 heteroatoms. The zero-order valence-corrected chi connectivity index (χ0v) is 18.0. The molecule has 0 spiro atoms. The van der Waals surface area contributed by atoms with Crippen LogP contribution in [0, 0.1) is 12.8 Å². The quantitative estimate of drug-likeness (QED) is 0.545. The van der Waals surface area contributed by atoms with E-state index in [4.69, 9.17) is 4.74 Å². The molecular formula is C22H28BrNO3. The van der Waals surface area contributed by atoms with Crippen LogP contribution < -0.4 is 4.74 Å². The lowest BCUT2D eigenvalue weighted by Gasteiger charge is -2.38. The fourth-order valence-electron chi connectivity index (χ4n) is 3.34. The van der Waals surface area contributed by atoms with E-state index in [0.717, 1.165) is 21.3 Å². The van der Waals surface area contributed by atoms with Gasteiger partial charge in [-0.2, -0.15) is 0 Å². The minimum absolute atomic E-state index is 0.209. The van der Waals surface area contributed by atoms with Gasteiger partial charge in [0, 0.05) is 16.6 Å². The van der Waals surface area contributed by atoms with E-state index in [0.29, 0.717) is 19.6 Å². The van der Waals surface area contributed by atoms with Crippen LogP contribution in [0.3, 0.4) is 0 Å². The van der Waals surface area contributed by atoms with E-state index < -0.39 is 11.6 Å².